The van der Waals surface area contributed by atoms with Crippen LogP contribution in [0.5, 0.6) is 0 Å². The van der Waals surface area contributed by atoms with E-state index in [9.17, 15) is 0 Å². The van der Waals surface area contributed by atoms with Gasteiger partial charge in [0.05, 0.1) is 16.4 Å². The Morgan fingerprint density at radius 1 is 1.15 bits per heavy atom. The van der Waals surface area contributed by atoms with Gasteiger partial charge >= 0.3 is 0 Å². The number of hydrogen-bond donors (Lipinski definition) is 1. The van der Waals surface area contributed by atoms with Crippen LogP contribution in [0.25, 0.3) is 11.9 Å². The zero-order valence-corrected chi connectivity index (χ0v) is 11.6. The number of aromatic nitrogens is 7. The van der Waals surface area contributed by atoms with E-state index in [1.807, 2.05) is 13.8 Å². The Bertz CT molecular complexity index is 761. The van der Waals surface area contributed by atoms with Gasteiger partial charge in [-0.1, -0.05) is 11.6 Å². The fourth-order valence-corrected chi connectivity index (χ4v) is 1.89. The quantitative estimate of drug-likeness (QED) is 0.758. The molecule has 3 rings (SSSR count). The van der Waals surface area contributed by atoms with Crippen LogP contribution in [0.2, 0.25) is 5.02 Å². The van der Waals surface area contributed by atoms with Crippen LogP contribution >= 0.6 is 11.6 Å². The molecule has 0 aliphatic carbocycles. The van der Waals surface area contributed by atoms with E-state index in [1.165, 1.54) is 4.68 Å². The van der Waals surface area contributed by atoms with Gasteiger partial charge in [0, 0.05) is 12.4 Å². The molecule has 0 atom stereocenters. The fraction of sp³-hybridized carbons (Fsp3) is 0.182. The summed E-state index contributed by atoms with van der Waals surface area (Å²) in [5, 5.41) is 4.87. The van der Waals surface area contributed by atoms with Crippen molar-refractivity contribution < 1.29 is 0 Å². The topological polar surface area (TPSA) is 100 Å². The first kappa shape index (κ1) is 12.5. The van der Waals surface area contributed by atoms with Gasteiger partial charge in [0.15, 0.2) is 0 Å². The third kappa shape index (κ3) is 1.99. The van der Waals surface area contributed by atoms with E-state index in [2.05, 4.69) is 25.0 Å². The average Bonchev–Trinajstić information content (AvgIpc) is 3.03. The summed E-state index contributed by atoms with van der Waals surface area (Å²) in [6.45, 7) is 3.65. The van der Waals surface area contributed by atoms with Gasteiger partial charge < -0.3 is 5.73 Å². The van der Waals surface area contributed by atoms with Gasteiger partial charge in [-0.3, -0.25) is 4.57 Å². The predicted molar refractivity (Wildman–Crippen MR) is 73.0 cm³/mol. The Kier molecular flexibility index (Phi) is 2.87. The van der Waals surface area contributed by atoms with Crippen LogP contribution in [0.3, 0.4) is 0 Å². The maximum Gasteiger partial charge on any atom is 0.257 e. The van der Waals surface area contributed by atoms with Crippen molar-refractivity contribution in [2.45, 2.75) is 13.8 Å². The summed E-state index contributed by atoms with van der Waals surface area (Å²) in [7, 11) is 0. The minimum absolute atomic E-state index is 0.0994. The molecule has 3 heterocycles. The van der Waals surface area contributed by atoms with Crippen molar-refractivity contribution in [2.75, 3.05) is 5.73 Å². The van der Waals surface area contributed by atoms with E-state index in [0.29, 0.717) is 22.6 Å². The summed E-state index contributed by atoms with van der Waals surface area (Å²) in [6.07, 6.45) is 4.92. The summed E-state index contributed by atoms with van der Waals surface area (Å²) in [5.74, 6) is 0.782. The molecule has 2 N–H and O–H groups in total. The Labute approximate surface area is 119 Å². The van der Waals surface area contributed by atoms with Crippen molar-refractivity contribution in [3.8, 4) is 11.9 Å². The van der Waals surface area contributed by atoms with E-state index >= 15 is 0 Å². The largest absolute Gasteiger partial charge is 0.368 e. The second kappa shape index (κ2) is 4.57. The maximum absolute atomic E-state index is 6.13. The first-order valence-electron chi connectivity index (χ1n) is 5.78. The van der Waals surface area contributed by atoms with Crippen molar-refractivity contribution in [1.29, 1.82) is 0 Å². The summed E-state index contributed by atoms with van der Waals surface area (Å²) in [6, 6.07) is 0. The van der Waals surface area contributed by atoms with E-state index < -0.39 is 0 Å². The van der Waals surface area contributed by atoms with Crippen molar-refractivity contribution >= 4 is 17.5 Å². The fourth-order valence-electron chi connectivity index (χ4n) is 1.78. The molecule has 3 aromatic rings. The van der Waals surface area contributed by atoms with Crippen LogP contribution in [0.1, 0.15) is 11.4 Å². The number of anilines is 1. The predicted octanol–water partition coefficient (Wildman–Crippen LogP) is 1.10. The average molecular weight is 291 g/mol. The van der Waals surface area contributed by atoms with Gasteiger partial charge in [-0.05, 0) is 13.8 Å². The minimum atomic E-state index is 0.0994. The number of aryl methyl sites for hydroxylation is 1. The molecular weight excluding hydrogens is 280 g/mol. The number of nitrogens with zero attached hydrogens (tertiary/aromatic N) is 7. The molecule has 20 heavy (non-hydrogen) atoms. The SMILES string of the molecule is Cc1nn(-c2nc(N)nc(-n3ccnc3)n2)c(C)c1Cl. The second-order valence-corrected chi connectivity index (χ2v) is 4.54. The zero-order valence-electron chi connectivity index (χ0n) is 10.8. The molecule has 0 bridgehead atoms. The Morgan fingerprint density at radius 2 is 1.90 bits per heavy atom. The number of nitrogens with two attached hydrogens (primary N) is 1. The van der Waals surface area contributed by atoms with Gasteiger partial charge in [0.2, 0.25) is 11.9 Å². The molecule has 3 aromatic heterocycles. The van der Waals surface area contributed by atoms with E-state index in [-0.39, 0.29) is 5.95 Å². The van der Waals surface area contributed by atoms with Gasteiger partial charge in [0.1, 0.15) is 6.33 Å². The molecular formula is C11H11ClN8. The van der Waals surface area contributed by atoms with Crippen molar-refractivity contribution in [1.82, 2.24) is 34.3 Å². The number of hydrogen-bond acceptors (Lipinski definition) is 6. The highest BCUT2D eigenvalue weighted by atomic mass is 35.5. The third-order valence-electron chi connectivity index (χ3n) is 2.76. The Hall–Kier alpha value is -2.48. The number of nitrogen functional groups attached to an aromatic ring is 1. The maximum atomic E-state index is 6.13. The molecule has 0 unspecified atom stereocenters. The summed E-state index contributed by atoms with van der Waals surface area (Å²) in [4.78, 5) is 16.4. The Balaban J connectivity index is 2.17. The lowest BCUT2D eigenvalue weighted by molar-refractivity contribution is 0.753. The van der Waals surface area contributed by atoms with Crippen LogP contribution in [0, 0.1) is 13.8 Å². The summed E-state index contributed by atoms with van der Waals surface area (Å²) >= 11 is 6.13. The zero-order chi connectivity index (χ0) is 14.3. The molecule has 0 aromatic carbocycles. The Morgan fingerprint density at radius 3 is 2.50 bits per heavy atom. The number of halogens is 1. The first-order valence-corrected chi connectivity index (χ1v) is 6.16. The second-order valence-electron chi connectivity index (χ2n) is 4.16. The van der Waals surface area contributed by atoms with E-state index in [1.54, 1.807) is 23.3 Å². The van der Waals surface area contributed by atoms with Crippen LogP contribution in [-0.2, 0) is 0 Å². The van der Waals surface area contributed by atoms with Gasteiger partial charge in [-0.15, -0.1) is 0 Å². The molecule has 9 heteroatoms. The molecule has 0 radical (unpaired) electrons. The third-order valence-corrected chi connectivity index (χ3v) is 3.30. The number of imidazole rings is 1. The van der Waals surface area contributed by atoms with E-state index in [0.717, 1.165) is 5.69 Å². The van der Waals surface area contributed by atoms with Gasteiger partial charge in [-0.2, -0.15) is 20.1 Å². The highest BCUT2D eigenvalue weighted by Gasteiger charge is 2.15. The van der Waals surface area contributed by atoms with E-state index in [4.69, 9.17) is 17.3 Å². The molecule has 102 valence electrons. The standard InChI is InChI=1S/C11H11ClN8/c1-6-8(12)7(2)20(18-6)11-16-9(13)15-10(17-11)19-4-3-14-5-19/h3-5H,1-2H3,(H2,13,15,16,17). The van der Waals surface area contributed by atoms with Crippen LogP contribution in [0.4, 0.5) is 5.95 Å². The lowest BCUT2D eigenvalue weighted by Crippen LogP contribution is -2.12. The van der Waals surface area contributed by atoms with Gasteiger partial charge in [0.25, 0.3) is 5.95 Å². The molecule has 0 aliphatic heterocycles. The molecule has 0 saturated heterocycles. The highest BCUT2D eigenvalue weighted by molar-refractivity contribution is 6.31. The van der Waals surface area contributed by atoms with Crippen LogP contribution in [0.15, 0.2) is 18.7 Å². The molecule has 0 spiro atoms. The molecule has 0 saturated carbocycles. The van der Waals surface area contributed by atoms with Crippen molar-refractivity contribution in [2.24, 2.45) is 0 Å². The van der Waals surface area contributed by atoms with Gasteiger partial charge in [-0.25, -0.2) is 9.67 Å². The normalized spacial score (nSPS) is 10.9. The molecule has 0 amide bonds. The lowest BCUT2D eigenvalue weighted by Gasteiger charge is -2.06. The summed E-state index contributed by atoms with van der Waals surface area (Å²) in [5.41, 5.74) is 7.17. The molecule has 8 nitrogen and oxygen atoms in total. The molecule has 0 aliphatic rings. The van der Waals surface area contributed by atoms with Crippen molar-refractivity contribution in [3.63, 3.8) is 0 Å². The minimum Gasteiger partial charge on any atom is -0.368 e. The van der Waals surface area contributed by atoms with Crippen LogP contribution < -0.4 is 5.73 Å². The smallest absolute Gasteiger partial charge is 0.257 e. The summed E-state index contributed by atoms with van der Waals surface area (Å²) < 4.78 is 3.17. The van der Waals surface area contributed by atoms with Crippen molar-refractivity contribution in [3.05, 3.63) is 35.1 Å². The molecule has 0 fully saturated rings. The lowest BCUT2D eigenvalue weighted by atomic mass is 10.4. The number of rotatable bonds is 2. The van der Waals surface area contributed by atoms with Crippen LogP contribution in [-0.4, -0.2) is 34.3 Å². The first-order chi connectivity index (χ1) is 9.56. The highest BCUT2D eigenvalue weighted by Crippen LogP contribution is 2.21. The monoisotopic (exact) mass is 290 g/mol.